The van der Waals surface area contributed by atoms with Crippen molar-refractivity contribution in [2.45, 2.75) is 0 Å². The molecule has 1 amide bonds. The summed E-state index contributed by atoms with van der Waals surface area (Å²) in [5.41, 5.74) is 2.69. The molecular weight excluding hydrogens is 408 g/mol. The molecule has 1 aliphatic rings. The maximum atomic E-state index is 13.0. The van der Waals surface area contributed by atoms with E-state index in [-0.39, 0.29) is 5.91 Å². The minimum absolute atomic E-state index is 0.188. The molecule has 7 heteroatoms. The topological polar surface area (TPSA) is 50.8 Å². The highest BCUT2D eigenvalue weighted by atomic mass is 35.5. The fourth-order valence-corrected chi connectivity index (χ4v) is 4.58. The second-order valence-corrected chi connectivity index (χ2v) is 8.06. The van der Waals surface area contributed by atoms with E-state index in [0.29, 0.717) is 34.6 Å². The zero-order chi connectivity index (χ0) is 20.2. The van der Waals surface area contributed by atoms with Gasteiger partial charge in [-0.05, 0) is 29.8 Å². The van der Waals surface area contributed by atoms with Crippen LogP contribution in [0, 0.1) is 0 Å². The van der Waals surface area contributed by atoms with E-state index in [4.69, 9.17) is 21.1 Å². The van der Waals surface area contributed by atoms with E-state index in [2.05, 4.69) is 22.3 Å². The minimum atomic E-state index is -0.188. The molecule has 2 aromatic carbocycles. The van der Waals surface area contributed by atoms with Crippen LogP contribution in [-0.2, 0) is 4.74 Å². The van der Waals surface area contributed by atoms with Crippen LogP contribution in [0.4, 0.5) is 10.7 Å². The highest BCUT2D eigenvalue weighted by molar-refractivity contribution is 7.18. The van der Waals surface area contributed by atoms with Crippen LogP contribution in [-0.4, -0.2) is 39.3 Å². The van der Waals surface area contributed by atoms with Crippen LogP contribution < -0.4 is 15.0 Å². The van der Waals surface area contributed by atoms with Crippen molar-refractivity contribution in [3.8, 4) is 16.9 Å². The maximum absolute atomic E-state index is 13.0. The quantitative estimate of drug-likeness (QED) is 0.609. The van der Waals surface area contributed by atoms with Crippen molar-refractivity contribution < 1.29 is 14.3 Å². The number of nitrogens with one attached hydrogen (secondary N) is 1. The van der Waals surface area contributed by atoms with Gasteiger partial charge in [0.15, 0.2) is 0 Å². The van der Waals surface area contributed by atoms with Gasteiger partial charge in [0.25, 0.3) is 5.91 Å². The number of thiophene rings is 1. The smallest absolute Gasteiger partial charge is 0.265 e. The summed E-state index contributed by atoms with van der Waals surface area (Å²) in [6.07, 6.45) is 0. The molecule has 0 aliphatic carbocycles. The van der Waals surface area contributed by atoms with Crippen LogP contribution in [0.15, 0.2) is 54.6 Å². The Morgan fingerprint density at radius 1 is 1.14 bits per heavy atom. The lowest BCUT2D eigenvalue weighted by atomic mass is 10.1. The molecule has 0 unspecified atom stereocenters. The number of hydrogen-bond donors (Lipinski definition) is 1. The molecule has 0 atom stereocenters. The number of morpholine rings is 1. The molecule has 0 spiro atoms. The van der Waals surface area contributed by atoms with Gasteiger partial charge in [0, 0.05) is 23.7 Å². The Kier molecular flexibility index (Phi) is 6.04. The second kappa shape index (κ2) is 8.86. The van der Waals surface area contributed by atoms with E-state index in [1.807, 2.05) is 24.3 Å². The summed E-state index contributed by atoms with van der Waals surface area (Å²) in [6.45, 7) is 2.99. The van der Waals surface area contributed by atoms with Gasteiger partial charge in [-0.25, -0.2) is 0 Å². The SMILES string of the molecule is COc1ccc(Cl)cc1NC(=O)c1cc(-c2ccccc2)c(N2CCOCC2)s1. The van der Waals surface area contributed by atoms with Crippen molar-refractivity contribution in [3.63, 3.8) is 0 Å². The number of carbonyl (C=O) groups excluding carboxylic acids is 1. The van der Waals surface area contributed by atoms with E-state index >= 15 is 0 Å². The Morgan fingerprint density at radius 2 is 1.90 bits per heavy atom. The summed E-state index contributed by atoms with van der Waals surface area (Å²) in [4.78, 5) is 15.9. The zero-order valence-corrected chi connectivity index (χ0v) is 17.6. The minimum Gasteiger partial charge on any atom is -0.495 e. The summed E-state index contributed by atoms with van der Waals surface area (Å²) < 4.78 is 10.8. The Bertz CT molecular complexity index is 1000. The molecule has 29 heavy (non-hydrogen) atoms. The molecule has 0 saturated carbocycles. The molecule has 2 heterocycles. The van der Waals surface area contributed by atoms with E-state index < -0.39 is 0 Å². The Morgan fingerprint density at radius 3 is 2.62 bits per heavy atom. The average Bonchev–Trinajstić information content (AvgIpc) is 3.21. The van der Waals surface area contributed by atoms with Gasteiger partial charge in [-0.15, -0.1) is 11.3 Å². The third-order valence-electron chi connectivity index (χ3n) is 4.73. The summed E-state index contributed by atoms with van der Waals surface area (Å²) in [5.74, 6) is 0.378. The fourth-order valence-electron chi connectivity index (χ4n) is 3.28. The number of ether oxygens (including phenoxy) is 2. The molecule has 1 saturated heterocycles. The Balaban J connectivity index is 1.68. The molecule has 150 valence electrons. The van der Waals surface area contributed by atoms with Gasteiger partial charge in [-0.1, -0.05) is 41.9 Å². The fraction of sp³-hybridized carbons (Fsp3) is 0.227. The molecule has 1 aliphatic heterocycles. The second-order valence-electron chi connectivity index (χ2n) is 6.59. The standard InChI is InChI=1S/C22H21ClN2O3S/c1-27-19-8-7-16(23)13-18(19)24-21(26)20-14-17(15-5-3-2-4-6-15)22(29-20)25-9-11-28-12-10-25/h2-8,13-14H,9-12H2,1H3,(H,24,26). The van der Waals surface area contributed by atoms with Crippen molar-refractivity contribution in [3.05, 3.63) is 64.5 Å². The van der Waals surface area contributed by atoms with Gasteiger partial charge in [-0.3, -0.25) is 4.79 Å². The lowest BCUT2D eigenvalue weighted by Crippen LogP contribution is -2.35. The maximum Gasteiger partial charge on any atom is 0.265 e. The van der Waals surface area contributed by atoms with Crippen molar-refractivity contribution >= 4 is 39.5 Å². The normalized spacial score (nSPS) is 13.9. The molecule has 4 rings (SSSR count). The van der Waals surface area contributed by atoms with Crippen LogP contribution in [0.5, 0.6) is 5.75 Å². The third-order valence-corrected chi connectivity index (χ3v) is 6.16. The van der Waals surface area contributed by atoms with Gasteiger partial charge in [0.1, 0.15) is 5.75 Å². The third kappa shape index (κ3) is 4.40. The first kappa shape index (κ1) is 19.8. The Labute approximate surface area is 178 Å². The van der Waals surface area contributed by atoms with Crippen LogP contribution in [0.25, 0.3) is 11.1 Å². The number of anilines is 2. The summed E-state index contributed by atoms with van der Waals surface area (Å²) in [6, 6.07) is 17.2. The van der Waals surface area contributed by atoms with Gasteiger partial charge in [0.05, 0.1) is 35.9 Å². The van der Waals surface area contributed by atoms with E-state index in [1.54, 1.807) is 25.3 Å². The number of hydrogen-bond acceptors (Lipinski definition) is 5. The highest BCUT2D eigenvalue weighted by Crippen LogP contribution is 2.40. The van der Waals surface area contributed by atoms with Crippen LogP contribution in [0.1, 0.15) is 9.67 Å². The molecular formula is C22H21ClN2O3S. The van der Waals surface area contributed by atoms with E-state index in [9.17, 15) is 4.79 Å². The van der Waals surface area contributed by atoms with Gasteiger partial charge < -0.3 is 19.7 Å². The van der Waals surface area contributed by atoms with Gasteiger partial charge in [-0.2, -0.15) is 0 Å². The summed E-state index contributed by atoms with van der Waals surface area (Å²) in [5, 5.41) is 4.55. The van der Waals surface area contributed by atoms with Gasteiger partial charge in [0.2, 0.25) is 0 Å². The number of amides is 1. The van der Waals surface area contributed by atoms with Crippen molar-refractivity contribution in [1.82, 2.24) is 0 Å². The number of nitrogens with zero attached hydrogens (tertiary/aromatic N) is 1. The molecule has 5 nitrogen and oxygen atoms in total. The van der Waals surface area contributed by atoms with E-state index in [0.717, 1.165) is 29.2 Å². The first-order valence-corrected chi connectivity index (χ1v) is 10.5. The molecule has 0 radical (unpaired) electrons. The van der Waals surface area contributed by atoms with Gasteiger partial charge >= 0.3 is 0 Å². The van der Waals surface area contributed by atoms with Crippen LogP contribution in [0.3, 0.4) is 0 Å². The number of rotatable bonds is 5. The lowest BCUT2D eigenvalue weighted by molar-refractivity contribution is 0.103. The number of halogens is 1. The largest absolute Gasteiger partial charge is 0.495 e. The van der Waals surface area contributed by atoms with Crippen molar-refractivity contribution in [2.75, 3.05) is 43.6 Å². The molecule has 1 aromatic heterocycles. The molecule has 0 bridgehead atoms. The zero-order valence-electron chi connectivity index (χ0n) is 16.0. The number of carbonyl (C=O) groups is 1. The van der Waals surface area contributed by atoms with Crippen molar-refractivity contribution in [1.29, 1.82) is 0 Å². The van der Waals surface area contributed by atoms with Crippen LogP contribution in [0.2, 0.25) is 5.02 Å². The van der Waals surface area contributed by atoms with E-state index in [1.165, 1.54) is 11.3 Å². The molecule has 1 N–H and O–H groups in total. The predicted molar refractivity (Wildman–Crippen MR) is 119 cm³/mol. The first-order valence-electron chi connectivity index (χ1n) is 9.32. The Hall–Kier alpha value is -2.54. The summed E-state index contributed by atoms with van der Waals surface area (Å²) >= 11 is 7.58. The monoisotopic (exact) mass is 428 g/mol. The lowest BCUT2D eigenvalue weighted by Gasteiger charge is -2.28. The number of benzene rings is 2. The van der Waals surface area contributed by atoms with Crippen LogP contribution >= 0.6 is 22.9 Å². The number of methoxy groups -OCH3 is 1. The molecule has 1 fully saturated rings. The van der Waals surface area contributed by atoms with Crippen molar-refractivity contribution in [2.24, 2.45) is 0 Å². The highest BCUT2D eigenvalue weighted by Gasteiger charge is 2.22. The predicted octanol–water partition coefficient (Wildman–Crippen LogP) is 5.17. The molecule has 3 aromatic rings. The average molecular weight is 429 g/mol. The first-order chi connectivity index (χ1) is 14.2. The summed E-state index contributed by atoms with van der Waals surface area (Å²) in [7, 11) is 1.56.